The van der Waals surface area contributed by atoms with E-state index in [4.69, 9.17) is 0 Å². The molecule has 0 saturated carbocycles. The SMILES string of the molecule is O=C(Cc1ccccc1F)N1CCC(n2nc(-c3cccs3)ccc2=O)CC1. The van der Waals surface area contributed by atoms with Gasteiger partial charge in [0, 0.05) is 19.2 Å². The Bertz CT molecular complexity index is 1020. The molecule has 1 aliphatic heterocycles. The van der Waals surface area contributed by atoms with E-state index in [-0.39, 0.29) is 29.7 Å². The van der Waals surface area contributed by atoms with Gasteiger partial charge in [0.15, 0.2) is 0 Å². The van der Waals surface area contributed by atoms with Crippen LogP contribution in [0.1, 0.15) is 24.4 Å². The minimum atomic E-state index is -0.355. The lowest BCUT2D eigenvalue weighted by molar-refractivity contribution is -0.131. The molecule has 2 aromatic heterocycles. The number of carbonyl (C=O) groups is 1. The average molecular weight is 397 g/mol. The van der Waals surface area contributed by atoms with Crippen molar-refractivity contribution in [2.45, 2.75) is 25.3 Å². The predicted molar refractivity (Wildman–Crippen MR) is 107 cm³/mol. The molecule has 7 heteroatoms. The molecule has 0 unspecified atom stereocenters. The fraction of sp³-hybridized carbons (Fsp3) is 0.286. The first-order chi connectivity index (χ1) is 13.6. The molecule has 4 rings (SSSR count). The molecule has 0 aliphatic carbocycles. The molecule has 0 atom stereocenters. The van der Waals surface area contributed by atoms with E-state index < -0.39 is 0 Å². The normalized spacial score (nSPS) is 15.0. The van der Waals surface area contributed by atoms with E-state index in [0.29, 0.717) is 31.5 Å². The third-order valence-corrected chi connectivity index (χ3v) is 5.95. The Morgan fingerprint density at radius 1 is 1.11 bits per heavy atom. The van der Waals surface area contributed by atoms with Crippen LogP contribution in [0.3, 0.4) is 0 Å². The summed E-state index contributed by atoms with van der Waals surface area (Å²) < 4.78 is 15.3. The van der Waals surface area contributed by atoms with Crippen LogP contribution in [-0.4, -0.2) is 33.7 Å². The van der Waals surface area contributed by atoms with Crippen molar-refractivity contribution in [1.82, 2.24) is 14.7 Å². The number of benzene rings is 1. The molecule has 0 N–H and O–H groups in total. The molecule has 28 heavy (non-hydrogen) atoms. The Hall–Kier alpha value is -2.80. The number of piperidine rings is 1. The van der Waals surface area contributed by atoms with E-state index in [0.717, 1.165) is 10.6 Å². The zero-order valence-corrected chi connectivity index (χ0v) is 16.1. The van der Waals surface area contributed by atoms with Crippen molar-refractivity contribution < 1.29 is 9.18 Å². The Morgan fingerprint density at radius 2 is 1.89 bits per heavy atom. The number of amides is 1. The molecule has 144 valence electrons. The first-order valence-corrected chi connectivity index (χ1v) is 10.1. The number of thiophene rings is 1. The summed E-state index contributed by atoms with van der Waals surface area (Å²) in [6.45, 7) is 1.07. The summed E-state index contributed by atoms with van der Waals surface area (Å²) in [5.74, 6) is -0.442. The molecule has 1 amide bonds. The highest BCUT2D eigenvalue weighted by atomic mass is 32.1. The maximum absolute atomic E-state index is 13.8. The maximum Gasteiger partial charge on any atom is 0.267 e. The van der Waals surface area contributed by atoms with Crippen molar-refractivity contribution >= 4 is 17.2 Å². The van der Waals surface area contributed by atoms with Crippen molar-refractivity contribution in [2.75, 3.05) is 13.1 Å². The zero-order chi connectivity index (χ0) is 19.5. The number of hydrogen-bond donors (Lipinski definition) is 0. The van der Waals surface area contributed by atoms with Gasteiger partial charge in [0.2, 0.25) is 5.91 Å². The third-order valence-electron chi connectivity index (χ3n) is 5.06. The Labute approximate surface area is 166 Å². The summed E-state index contributed by atoms with van der Waals surface area (Å²) in [6, 6.07) is 13.6. The summed E-state index contributed by atoms with van der Waals surface area (Å²) in [7, 11) is 0. The van der Waals surface area contributed by atoms with Gasteiger partial charge in [-0.2, -0.15) is 5.10 Å². The van der Waals surface area contributed by atoms with Gasteiger partial charge < -0.3 is 4.90 Å². The van der Waals surface area contributed by atoms with Crippen molar-refractivity contribution in [3.05, 3.63) is 75.6 Å². The fourth-order valence-corrected chi connectivity index (χ4v) is 4.21. The van der Waals surface area contributed by atoms with Crippen LogP contribution in [0.4, 0.5) is 4.39 Å². The molecule has 0 spiro atoms. The molecule has 0 radical (unpaired) electrons. The van der Waals surface area contributed by atoms with Gasteiger partial charge in [-0.1, -0.05) is 24.3 Å². The average Bonchev–Trinajstić information content (AvgIpc) is 3.25. The van der Waals surface area contributed by atoms with Gasteiger partial charge in [0.05, 0.1) is 17.3 Å². The molecular weight excluding hydrogens is 377 g/mol. The van der Waals surface area contributed by atoms with E-state index in [1.54, 1.807) is 51.3 Å². The standard InChI is InChI=1S/C21H20FN3O2S/c22-17-5-2-1-4-15(17)14-21(27)24-11-9-16(10-12-24)25-20(26)8-7-18(23-25)19-6-3-13-28-19/h1-8,13,16H,9-12,14H2. The molecule has 3 aromatic rings. The second-order valence-electron chi connectivity index (χ2n) is 6.86. The van der Waals surface area contributed by atoms with E-state index in [1.165, 1.54) is 6.07 Å². The minimum Gasteiger partial charge on any atom is -0.342 e. The number of carbonyl (C=O) groups excluding carboxylic acids is 1. The van der Waals surface area contributed by atoms with Crippen LogP contribution in [0.2, 0.25) is 0 Å². The molecule has 1 aliphatic rings. The number of rotatable bonds is 4. The van der Waals surface area contributed by atoms with Crippen LogP contribution >= 0.6 is 11.3 Å². The van der Waals surface area contributed by atoms with Crippen LogP contribution in [0.15, 0.2) is 58.7 Å². The molecule has 1 aromatic carbocycles. The summed E-state index contributed by atoms with van der Waals surface area (Å²) >= 11 is 1.58. The second kappa shape index (κ2) is 8.06. The van der Waals surface area contributed by atoms with Crippen molar-refractivity contribution in [3.63, 3.8) is 0 Å². The Balaban J connectivity index is 1.43. The first-order valence-electron chi connectivity index (χ1n) is 9.27. The number of aromatic nitrogens is 2. The van der Waals surface area contributed by atoms with Gasteiger partial charge in [-0.3, -0.25) is 9.59 Å². The Morgan fingerprint density at radius 3 is 2.61 bits per heavy atom. The lowest BCUT2D eigenvalue weighted by atomic mass is 10.0. The van der Waals surface area contributed by atoms with Gasteiger partial charge in [0.25, 0.3) is 5.56 Å². The highest BCUT2D eigenvalue weighted by molar-refractivity contribution is 7.13. The van der Waals surface area contributed by atoms with Crippen LogP contribution in [0.25, 0.3) is 10.6 Å². The molecule has 3 heterocycles. The summed E-state index contributed by atoms with van der Waals surface area (Å²) in [5, 5.41) is 6.53. The van der Waals surface area contributed by atoms with Gasteiger partial charge in [-0.15, -0.1) is 11.3 Å². The maximum atomic E-state index is 13.8. The summed E-state index contributed by atoms with van der Waals surface area (Å²) in [4.78, 5) is 27.6. The van der Waals surface area contributed by atoms with Gasteiger partial charge in [-0.25, -0.2) is 9.07 Å². The molecule has 0 bridgehead atoms. The monoisotopic (exact) mass is 397 g/mol. The summed E-state index contributed by atoms with van der Waals surface area (Å²) in [5.41, 5.74) is 1.07. The first kappa shape index (κ1) is 18.6. The van der Waals surface area contributed by atoms with Gasteiger partial charge >= 0.3 is 0 Å². The predicted octanol–water partition coefficient (Wildman–Crippen LogP) is 3.52. The molecular formula is C21H20FN3O2S. The number of hydrogen-bond acceptors (Lipinski definition) is 4. The van der Waals surface area contributed by atoms with Crippen LogP contribution in [-0.2, 0) is 11.2 Å². The highest BCUT2D eigenvalue weighted by Gasteiger charge is 2.25. The number of halogens is 1. The van der Waals surface area contributed by atoms with E-state index in [1.807, 2.05) is 17.5 Å². The van der Waals surface area contributed by atoms with E-state index in [9.17, 15) is 14.0 Å². The lowest BCUT2D eigenvalue weighted by Gasteiger charge is -2.32. The number of nitrogens with zero attached hydrogens (tertiary/aromatic N) is 3. The number of likely N-dealkylation sites (tertiary alicyclic amines) is 1. The summed E-state index contributed by atoms with van der Waals surface area (Å²) in [6.07, 6.45) is 1.37. The minimum absolute atomic E-state index is 0.0371. The largest absolute Gasteiger partial charge is 0.342 e. The van der Waals surface area contributed by atoms with E-state index in [2.05, 4.69) is 5.10 Å². The van der Waals surface area contributed by atoms with Crippen LogP contribution in [0, 0.1) is 5.82 Å². The van der Waals surface area contributed by atoms with Gasteiger partial charge in [0.1, 0.15) is 11.5 Å². The second-order valence-corrected chi connectivity index (χ2v) is 7.81. The molecule has 1 saturated heterocycles. The van der Waals surface area contributed by atoms with Crippen molar-refractivity contribution in [1.29, 1.82) is 0 Å². The molecule has 1 fully saturated rings. The zero-order valence-electron chi connectivity index (χ0n) is 15.3. The highest BCUT2D eigenvalue weighted by Crippen LogP contribution is 2.25. The van der Waals surface area contributed by atoms with Crippen molar-refractivity contribution in [2.24, 2.45) is 0 Å². The molecule has 5 nitrogen and oxygen atoms in total. The van der Waals surface area contributed by atoms with Crippen molar-refractivity contribution in [3.8, 4) is 10.6 Å². The topological polar surface area (TPSA) is 55.2 Å². The fourth-order valence-electron chi connectivity index (χ4n) is 3.52. The third kappa shape index (κ3) is 3.89. The lowest BCUT2D eigenvalue weighted by Crippen LogP contribution is -2.42. The van der Waals surface area contributed by atoms with Crippen LogP contribution in [0.5, 0.6) is 0 Å². The Kier molecular flexibility index (Phi) is 5.34. The quantitative estimate of drug-likeness (QED) is 0.677. The van der Waals surface area contributed by atoms with Gasteiger partial charge in [-0.05, 0) is 42.0 Å². The van der Waals surface area contributed by atoms with E-state index >= 15 is 0 Å². The van der Waals surface area contributed by atoms with Crippen LogP contribution < -0.4 is 5.56 Å². The smallest absolute Gasteiger partial charge is 0.267 e.